The predicted octanol–water partition coefficient (Wildman–Crippen LogP) is 2.50. The molecule has 2 aromatic rings. The quantitative estimate of drug-likeness (QED) is 0.866. The van der Waals surface area contributed by atoms with Crippen molar-refractivity contribution in [2.24, 2.45) is 0 Å². The van der Waals surface area contributed by atoms with Gasteiger partial charge >= 0.3 is 0 Å². The van der Waals surface area contributed by atoms with Gasteiger partial charge in [0.2, 0.25) is 10.0 Å². The first-order valence-electron chi connectivity index (χ1n) is 7.49. The number of sulfonamides is 1. The van der Waals surface area contributed by atoms with Gasteiger partial charge in [0.1, 0.15) is 5.82 Å². The average Bonchev–Trinajstić information content (AvgIpc) is 2.56. The van der Waals surface area contributed by atoms with Crippen LogP contribution in [0.3, 0.4) is 0 Å². The van der Waals surface area contributed by atoms with Crippen LogP contribution in [-0.4, -0.2) is 44.3 Å². The fourth-order valence-electron chi connectivity index (χ4n) is 2.88. The van der Waals surface area contributed by atoms with E-state index in [0.29, 0.717) is 19.6 Å². The lowest BCUT2D eigenvalue weighted by molar-refractivity contribution is 0.148. The van der Waals surface area contributed by atoms with E-state index in [1.165, 1.54) is 22.5 Å². The number of halogens is 1. The van der Waals surface area contributed by atoms with Gasteiger partial charge in [-0.2, -0.15) is 4.31 Å². The van der Waals surface area contributed by atoms with Crippen molar-refractivity contribution in [1.82, 2.24) is 9.21 Å². The van der Waals surface area contributed by atoms with Crippen molar-refractivity contribution in [1.29, 1.82) is 0 Å². The molecule has 0 aromatic heterocycles. The molecule has 0 spiro atoms. The zero-order valence-corrected chi connectivity index (χ0v) is 13.7. The van der Waals surface area contributed by atoms with E-state index in [9.17, 15) is 12.8 Å². The van der Waals surface area contributed by atoms with Crippen LogP contribution in [0.1, 0.15) is 11.6 Å². The first-order valence-corrected chi connectivity index (χ1v) is 8.93. The first kappa shape index (κ1) is 16.1. The van der Waals surface area contributed by atoms with Gasteiger partial charge in [0, 0.05) is 25.7 Å². The lowest BCUT2D eigenvalue weighted by Crippen LogP contribution is -2.48. The minimum Gasteiger partial charge on any atom is -0.297 e. The van der Waals surface area contributed by atoms with Gasteiger partial charge in [-0.15, -0.1) is 0 Å². The third kappa shape index (κ3) is 3.29. The van der Waals surface area contributed by atoms with Gasteiger partial charge < -0.3 is 0 Å². The van der Waals surface area contributed by atoms with Gasteiger partial charge in [-0.05, 0) is 30.8 Å². The number of hydrogen-bond acceptors (Lipinski definition) is 3. The van der Waals surface area contributed by atoms with Crippen molar-refractivity contribution in [3.05, 3.63) is 66.0 Å². The molecule has 1 aliphatic heterocycles. The van der Waals surface area contributed by atoms with Crippen LogP contribution in [0.15, 0.2) is 59.5 Å². The topological polar surface area (TPSA) is 40.6 Å². The van der Waals surface area contributed by atoms with Crippen molar-refractivity contribution in [2.45, 2.75) is 10.9 Å². The summed E-state index contributed by atoms with van der Waals surface area (Å²) in [6, 6.07) is 15.0. The summed E-state index contributed by atoms with van der Waals surface area (Å²) in [6.07, 6.45) is 0. The highest BCUT2D eigenvalue weighted by Gasteiger charge is 2.33. The summed E-state index contributed by atoms with van der Waals surface area (Å²) in [7, 11) is -1.69. The molecule has 1 saturated heterocycles. The summed E-state index contributed by atoms with van der Waals surface area (Å²) in [5, 5.41) is 0. The second-order valence-corrected chi connectivity index (χ2v) is 7.67. The van der Waals surface area contributed by atoms with Crippen molar-refractivity contribution in [3.8, 4) is 0 Å². The molecule has 23 heavy (non-hydrogen) atoms. The third-order valence-electron chi connectivity index (χ3n) is 4.23. The Morgan fingerprint density at radius 3 is 2.48 bits per heavy atom. The Morgan fingerprint density at radius 1 is 1.04 bits per heavy atom. The highest BCUT2D eigenvalue weighted by molar-refractivity contribution is 7.89. The van der Waals surface area contributed by atoms with E-state index in [0.717, 1.165) is 11.6 Å². The Balaban J connectivity index is 1.89. The Morgan fingerprint density at radius 2 is 1.78 bits per heavy atom. The van der Waals surface area contributed by atoms with E-state index in [1.807, 2.05) is 37.4 Å². The largest absolute Gasteiger partial charge is 0.297 e. The molecule has 2 aromatic carbocycles. The minimum atomic E-state index is -3.68. The Labute approximate surface area is 136 Å². The van der Waals surface area contributed by atoms with E-state index in [4.69, 9.17) is 0 Å². The Kier molecular flexibility index (Phi) is 4.48. The van der Waals surface area contributed by atoms with Crippen molar-refractivity contribution < 1.29 is 12.8 Å². The molecule has 1 aliphatic rings. The van der Waals surface area contributed by atoms with E-state index in [1.54, 1.807) is 0 Å². The zero-order valence-electron chi connectivity index (χ0n) is 12.9. The normalized spacial score (nSPS) is 20.5. The van der Waals surface area contributed by atoms with Crippen LogP contribution in [-0.2, 0) is 10.0 Å². The molecule has 0 amide bonds. The summed E-state index contributed by atoms with van der Waals surface area (Å²) < 4.78 is 40.3. The first-order chi connectivity index (χ1) is 11.0. The smallest absolute Gasteiger partial charge is 0.243 e. The lowest BCUT2D eigenvalue weighted by Gasteiger charge is -2.39. The van der Waals surface area contributed by atoms with Gasteiger partial charge in [0.15, 0.2) is 0 Å². The van der Waals surface area contributed by atoms with E-state index in [2.05, 4.69) is 4.90 Å². The molecule has 0 N–H and O–H groups in total. The molecule has 3 rings (SSSR count). The van der Waals surface area contributed by atoms with Gasteiger partial charge in [-0.1, -0.05) is 36.4 Å². The summed E-state index contributed by atoms with van der Waals surface area (Å²) in [5.41, 5.74) is 1.08. The molecular formula is C17H19FN2O2S. The average molecular weight is 334 g/mol. The maximum Gasteiger partial charge on any atom is 0.243 e. The number of likely N-dealkylation sites (N-methyl/N-ethyl adjacent to an activating group) is 1. The summed E-state index contributed by atoms with van der Waals surface area (Å²) >= 11 is 0. The molecule has 1 fully saturated rings. The maximum absolute atomic E-state index is 13.4. The van der Waals surface area contributed by atoms with Crippen LogP contribution >= 0.6 is 0 Å². The fourth-order valence-corrected chi connectivity index (χ4v) is 4.35. The number of piperazine rings is 1. The van der Waals surface area contributed by atoms with Crippen LogP contribution < -0.4 is 0 Å². The standard InChI is InChI=1S/C17H19FN2O2S/c1-19-10-11-20(13-17(19)14-6-3-2-4-7-14)23(21,22)16-9-5-8-15(18)12-16/h2-9,12,17H,10-11,13H2,1H3/t17-/m1/s1. The van der Waals surface area contributed by atoms with Gasteiger partial charge in [0.05, 0.1) is 4.90 Å². The summed E-state index contributed by atoms with van der Waals surface area (Å²) in [4.78, 5) is 2.15. The molecular weight excluding hydrogens is 315 g/mol. The van der Waals surface area contributed by atoms with Gasteiger partial charge in [-0.25, -0.2) is 12.8 Å². The van der Waals surface area contributed by atoms with Crippen molar-refractivity contribution in [2.75, 3.05) is 26.7 Å². The summed E-state index contributed by atoms with van der Waals surface area (Å²) in [5.74, 6) is -0.542. The van der Waals surface area contributed by atoms with Crippen LogP contribution in [0.4, 0.5) is 4.39 Å². The van der Waals surface area contributed by atoms with Crippen molar-refractivity contribution >= 4 is 10.0 Å². The SMILES string of the molecule is CN1CCN(S(=O)(=O)c2cccc(F)c2)C[C@@H]1c1ccccc1. The third-order valence-corrected chi connectivity index (χ3v) is 6.09. The predicted molar refractivity (Wildman–Crippen MR) is 87.0 cm³/mol. The molecule has 6 heteroatoms. The maximum atomic E-state index is 13.4. The number of nitrogens with zero attached hydrogens (tertiary/aromatic N) is 2. The molecule has 0 unspecified atom stereocenters. The molecule has 1 heterocycles. The molecule has 0 radical (unpaired) electrons. The Bertz CT molecular complexity index is 780. The van der Waals surface area contributed by atoms with Crippen LogP contribution in [0, 0.1) is 5.82 Å². The van der Waals surface area contributed by atoms with Crippen LogP contribution in [0.5, 0.6) is 0 Å². The van der Waals surface area contributed by atoms with Gasteiger partial charge in [0.25, 0.3) is 0 Å². The molecule has 4 nitrogen and oxygen atoms in total. The fraction of sp³-hybridized carbons (Fsp3) is 0.294. The molecule has 0 aliphatic carbocycles. The van der Waals surface area contributed by atoms with Gasteiger partial charge in [-0.3, -0.25) is 4.90 Å². The number of benzene rings is 2. The summed E-state index contributed by atoms with van der Waals surface area (Å²) in [6.45, 7) is 1.39. The van der Waals surface area contributed by atoms with E-state index >= 15 is 0 Å². The zero-order chi connectivity index (χ0) is 16.4. The van der Waals surface area contributed by atoms with E-state index in [-0.39, 0.29) is 10.9 Å². The number of rotatable bonds is 3. The minimum absolute atomic E-state index is 0.00622. The number of hydrogen-bond donors (Lipinski definition) is 0. The molecule has 0 bridgehead atoms. The molecule has 122 valence electrons. The second-order valence-electron chi connectivity index (χ2n) is 5.73. The highest BCUT2D eigenvalue weighted by Crippen LogP contribution is 2.27. The Hall–Kier alpha value is -1.76. The highest BCUT2D eigenvalue weighted by atomic mass is 32.2. The molecule has 0 saturated carbocycles. The monoisotopic (exact) mass is 334 g/mol. The lowest BCUT2D eigenvalue weighted by atomic mass is 10.0. The van der Waals surface area contributed by atoms with E-state index < -0.39 is 15.8 Å². The van der Waals surface area contributed by atoms with Crippen LogP contribution in [0.25, 0.3) is 0 Å². The molecule has 1 atom stereocenters. The second kappa shape index (κ2) is 6.39. The van der Waals surface area contributed by atoms with Crippen molar-refractivity contribution in [3.63, 3.8) is 0 Å². The van der Waals surface area contributed by atoms with Crippen LogP contribution in [0.2, 0.25) is 0 Å².